The van der Waals surface area contributed by atoms with Gasteiger partial charge in [0.25, 0.3) is 0 Å². The molecule has 0 saturated heterocycles. The third-order valence-corrected chi connectivity index (χ3v) is 3.16. The Kier molecular flexibility index (Phi) is 2.21. The van der Waals surface area contributed by atoms with Gasteiger partial charge < -0.3 is 14.6 Å². The third kappa shape index (κ3) is 1.52. The van der Waals surface area contributed by atoms with Crippen LogP contribution >= 0.6 is 0 Å². The Morgan fingerprint density at radius 2 is 2.35 bits per heavy atom. The van der Waals surface area contributed by atoms with E-state index in [4.69, 9.17) is 4.52 Å². The molecule has 2 aromatic heterocycles. The molecule has 1 saturated carbocycles. The number of aromatic carboxylic acids is 1. The number of carbonyl (C=O) groups is 1. The second kappa shape index (κ2) is 3.73. The Morgan fingerprint density at radius 3 is 2.88 bits per heavy atom. The lowest BCUT2D eigenvalue weighted by atomic mass is 9.82. The average Bonchev–Trinajstić information content (AvgIpc) is 2.80. The molecule has 1 aliphatic rings. The minimum Gasteiger partial charge on any atom is -0.477 e. The highest BCUT2D eigenvalue weighted by Gasteiger charge is 2.32. The van der Waals surface area contributed by atoms with Crippen molar-refractivity contribution in [2.45, 2.75) is 25.2 Å². The van der Waals surface area contributed by atoms with Gasteiger partial charge in [0.05, 0.1) is 18.2 Å². The molecule has 88 valence electrons. The normalized spacial score (nSPS) is 15.8. The van der Waals surface area contributed by atoms with Crippen LogP contribution in [-0.4, -0.2) is 26.2 Å². The molecule has 0 aromatic carbocycles. The molecule has 1 fully saturated rings. The molecule has 0 aliphatic heterocycles. The smallest absolute Gasteiger partial charge is 0.341 e. The molecule has 0 radical (unpaired) electrons. The van der Waals surface area contributed by atoms with Gasteiger partial charge in [-0.25, -0.2) is 9.78 Å². The molecule has 0 unspecified atom stereocenters. The Labute approximate surface area is 96.7 Å². The van der Waals surface area contributed by atoms with Crippen molar-refractivity contribution >= 4 is 5.97 Å². The summed E-state index contributed by atoms with van der Waals surface area (Å²) in [6, 6.07) is 0. The van der Waals surface area contributed by atoms with Crippen LogP contribution in [0.5, 0.6) is 0 Å². The Hall–Kier alpha value is -2.11. The zero-order valence-corrected chi connectivity index (χ0v) is 9.01. The zero-order valence-electron chi connectivity index (χ0n) is 9.01. The number of hydrogen-bond acceptors (Lipinski definition) is 4. The maximum absolute atomic E-state index is 11.3. The maximum Gasteiger partial charge on any atom is 0.341 e. The molecule has 0 amide bonds. The van der Waals surface area contributed by atoms with Crippen LogP contribution in [0.3, 0.4) is 0 Å². The summed E-state index contributed by atoms with van der Waals surface area (Å²) < 4.78 is 5.21. The topological polar surface area (TPSA) is 92.0 Å². The predicted octanol–water partition coefficient (Wildman–Crippen LogP) is 2.03. The summed E-state index contributed by atoms with van der Waals surface area (Å²) in [7, 11) is 0. The van der Waals surface area contributed by atoms with Crippen LogP contribution in [0.2, 0.25) is 0 Å². The Morgan fingerprint density at radius 1 is 1.53 bits per heavy atom. The zero-order chi connectivity index (χ0) is 11.8. The van der Waals surface area contributed by atoms with Crippen LogP contribution in [0.4, 0.5) is 0 Å². The summed E-state index contributed by atoms with van der Waals surface area (Å²) in [5.74, 6) is -0.309. The molecule has 17 heavy (non-hydrogen) atoms. The molecule has 1 aliphatic carbocycles. The van der Waals surface area contributed by atoms with E-state index in [-0.39, 0.29) is 11.5 Å². The van der Waals surface area contributed by atoms with E-state index in [2.05, 4.69) is 15.1 Å². The number of H-pyrrole nitrogens is 1. The van der Waals surface area contributed by atoms with Crippen molar-refractivity contribution < 1.29 is 14.4 Å². The molecular weight excluding hydrogens is 222 g/mol. The van der Waals surface area contributed by atoms with E-state index in [1.165, 1.54) is 12.5 Å². The quantitative estimate of drug-likeness (QED) is 0.846. The number of aromatic amines is 1. The number of rotatable bonds is 3. The van der Waals surface area contributed by atoms with Crippen LogP contribution in [0.1, 0.15) is 41.3 Å². The first-order chi connectivity index (χ1) is 8.27. The molecule has 6 nitrogen and oxygen atoms in total. The first-order valence-corrected chi connectivity index (χ1v) is 5.49. The van der Waals surface area contributed by atoms with Gasteiger partial charge in [0, 0.05) is 5.92 Å². The molecule has 6 heteroatoms. The van der Waals surface area contributed by atoms with Crippen LogP contribution in [0.25, 0.3) is 11.4 Å². The van der Waals surface area contributed by atoms with Gasteiger partial charge in [-0.3, -0.25) is 0 Å². The fourth-order valence-corrected chi connectivity index (χ4v) is 2.03. The standard InChI is InChI=1S/C11H11N3O3/c15-11(16)8-9(7-4-12-5-13-7)14-17-10(8)6-2-1-3-6/h4-6H,1-3H2,(H,12,13)(H,15,16). The Bertz CT molecular complexity index is 540. The van der Waals surface area contributed by atoms with E-state index in [0.717, 1.165) is 19.3 Å². The number of hydrogen-bond donors (Lipinski definition) is 2. The summed E-state index contributed by atoms with van der Waals surface area (Å²) in [6.07, 6.45) is 6.08. The summed E-state index contributed by atoms with van der Waals surface area (Å²) >= 11 is 0. The summed E-state index contributed by atoms with van der Waals surface area (Å²) in [5.41, 5.74) is 1.06. The van der Waals surface area contributed by atoms with Crippen molar-refractivity contribution in [1.82, 2.24) is 15.1 Å². The first kappa shape index (κ1) is 10.1. The summed E-state index contributed by atoms with van der Waals surface area (Å²) in [6.45, 7) is 0. The second-order valence-electron chi connectivity index (χ2n) is 4.17. The van der Waals surface area contributed by atoms with E-state index in [0.29, 0.717) is 17.1 Å². The molecule has 2 aromatic rings. The van der Waals surface area contributed by atoms with Crippen molar-refractivity contribution in [3.63, 3.8) is 0 Å². The largest absolute Gasteiger partial charge is 0.477 e. The van der Waals surface area contributed by atoms with Crippen molar-refractivity contribution in [3.05, 3.63) is 23.8 Å². The van der Waals surface area contributed by atoms with Gasteiger partial charge in [-0.1, -0.05) is 11.6 Å². The molecule has 0 bridgehead atoms. The lowest BCUT2D eigenvalue weighted by Crippen LogP contribution is -2.12. The highest BCUT2D eigenvalue weighted by molar-refractivity contribution is 5.95. The second-order valence-corrected chi connectivity index (χ2v) is 4.17. The van der Waals surface area contributed by atoms with Crippen molar-refractivity contribution in [1.29, 1.82) is 0 Å². The predicted molar refractivity (Wildman–Crippen MR) is 57.6 cm³/mol. The number of carboxylic acids is 1. The molecule has 2 N–H and O–H groups in total. The van der Waals surface area contributed by atoms with Gasteiger partial charge in [-0.2, -0.15) is 0 Å². The van der Waals surface area contributed by atoms with E-state index >= 15 is 0 Å². The van der Waals surface area contributed by atoms with Crippen molar-refractivity contribution in [2.75, 3.05) is 0 Å². The highest BCUT2D eigenvalue weighted by Crippen LogP contribution is 2.40. The van der Waals surface area contributed by atoms with Crippen molar-refractivity contribution in [2.24, 2.45) is 0 Å². The summed E-state index contributed by atoms with van der Waals surface area (Å²) in [4.78, 5) is 18.0. The fourth-order valence-electron chi connectivity index (χ4n) is 2.03. The van der Waals surface area contributed by atoms with Crippen LogP contribution < -0.4 is 0 Å². The van der Waals surface area contributed by atoms with Crippen LogP contribution in [0.15, 0.2) is 17.0 Å². The van der Waals surface area contributed by atoms with Gasteiger partial charge in [-0.05, 0) is 12.8 Å². The fraction of sp³-hybridized carbons (Fsp3) is 0.364. The molecule has 0 spiro atoms. The van der Waals surface area contributed by atoms with Crippen LogP contribution in [0, 0.1) is 0 Å². The Balaban J connectivity index is 2.10. The minimum absolute atomic E-state index is 0.166. The van der Waals surface area contributed by atoms with Gasteiger partial charge in [-0.15, -0.1) is 0 Å². The van der Waals surface area contributed by atoms with E-state index in [9.17, 15) is 9.90 Å². The molecular formula is C11H11N3O3. The van der Waals surface area contributed by atoms with Crippen molar-refractivity contribution in [3.8, 4) is 11.4 Å². The lowest BCUT2D eigenvalue weighted by Gasteiger charge is -2.22. The van der Waals surface area contributed by atoms with E-state index < -0.39 is 5.97 Å². The number of imidazole rings is 1. The van der Waals surface area contributed by atoms with E-state index in [1.54, 1.807) is 0 Å². The third-order valence-electron chi connectivity index (χ3n) is 3.16. The first-order valence-electron chi connectivity index (χ1n) is 5.49. The van der Waals surface area contributed by atoms with Gasteiger partial charge in [0.2, 0.25) is 0 Å². The van der Waals surface area contributed by atoms with Crippen LogP contribution in [-0.2, 0) is 0 Å². The average molecular weight is 233 g/mol. The monoisotopic (exact) mass is 233 g/mol. The number of aromatic nitrogens is 3. The SMILES string of the molecule is O=C(O)c1c(-c2cnc[nH]2)noc1C1CCC1. The minimum atomic E-state index is -1.00. The molecule has 0 atom stereocenters. The number of nitrogens with one attached hydrogen (secondary N) is 1. The highest BCUT2D eigenvalue weighted by atomic mass is 16.5. The summed E-state index contributed by atoms with van der Waals surface area (Å²) in [5, 5.41) is 13.1. The lowest BCUT2D eigenvalue weighted by molar-refractivity contribution is 0.0693. The maximum atomic E-state index is 11.3. The van der Waals surface area contributed by atoms with Gasteiger partial charge >= 0.3 is 5.97 Å². The molecule has 3 rings (SSSR count). The number of carboxylic acid groups (broad SMARTS) is 1. The van der Waals surface area contributed by atoms with Gasteiger partial charge in [0.1, 0.15) is 11.3 Å². The molecule has 2 heterocycles. The van der Waals surface area contributed by atoms with Gasteiger partial charge in [0.15, 0.2) is 5.76 Å². The number of nitrogens with zero attached hydrogens (tertiary/aromatic N) is 2. The van der Waals surface area contributed by atoms with E-state index in [1.807, 2.05) is 0 Å².